The second-order valence-corrected chi connectivity index (χ2v) is 15.5. The quantitative estimate of drug-likeness (QED) is 0.168. The SMILES string of the molecule is CCn1c(-c2ccc(-c3ccc4c(c3)C(C)(C)C(C)(C)C4(C)C)nc2)ccc1-c1nc(-c2ccccc2)nc(-c2cccc(-c3ccccc3)c2)n1. The number of pyridine rings is 1. The van der Waals surface area contributed by atoms with Gasteiger partial charge in [-0.25, -0.2) is 15.0 Å². The lowest BCUT2D eigenvalue weighted by atomic mass is 9.59. The van der Waals surface area contributed by atoms with Crippen LogP contribution >= 0.6 is 0 Å². The molecule has 0 bridgehead atoms. The van der Waals surface area contributed by atoms with Crippen LogP contribution in [0.2, 0.25) is 0 Å². The summed E-state index contributed by atoms with van der Waals surface area (Å²) < 4.78 is 2.27. The first kappa shape index (κ1) is 33.5. The molecule has 258 valence electrons. The zero-order valence-corrected chi connectivity index (χ0v) is 31.1. The summed E-state index contributed by atoms with van der Waals surface area (Å²) in [7, 11) is 0. The average molecular weight is 680 g/mol. The highest BCUT2D eigenvalue weighted by Gasteiger charge is 2.56. The topological polar surface area (TPSA) is 56.5 Å². The summed E-state index contributed by atoms with van der Waals surface area (Å²) in [4.78, 5) is 20.2. The van der Waals surface area contributed by atoms with E-state index in [4.69, 9.17) is 19.9 Å². The van der Waals surface area contributed by atoms with Gasteiger partial charge in [0.15, 0.2) is 17.5 Å². The molecule has 1 aliphatic rings. The van der Waals surface area contributed by atoms with E-state index < -0.39 is 0 Å². The molecule has 4 aromatic carbocycles. The molecule has 1 aliphatic carbocycles. The molecule has 0 N–H and O–H groups in total. The van der Waals surface area contributed by atoms with E-state index in [1.54, 1.807) is 0 Å². The third kappa shape index (κ3) is 5.38. The molecule has 0 aliphatic heterocycles. The Morgan fingerprint density at radius 1 is 0.462 bits per heavy atom. The lowest BCUT2D eigenvalue weighted by Gasteiger charge is -2.44. The minimum absolute atomic E-state index is 0.0418. The lowest BCUT2D eigenvalue weighted by molar-refractivity contribution is 0.125. The van der Waals surface area contributed by atoms with Crippen molar-refractivity contribution < 1.29 is 0 Å². The molecule has 5 nitrogen and oxygen atoms in total. The maximum Gasteiger partial charge on any atom is 0.180 e. The first-order valence-electron chi connectivity index (χ1n) is 18.3. The highest BCUT2D eigenvalue weighted by molar-refractivity contribution is 5.74. The molecule has 0 spiro atoms. The van der Waals surface area contributed by atoms with Crippen LogP contribution in [0.1, 0.15) is 59.6 Å². The average Bonchev–Trinajstić information content (AvgIpc) is 3.66. The highest BCUT2D eigenvalue weighted by atomic mass is 15.1. The van der Waals surface area contributed by atoms with Crippen molar-refractivity contribution in [2.24, 2.45) is 5.41 Å². The Hall–Kier alpha value is -5.68. The number of hydrogen-bond acceptors (Lipinski definition) is 4. The number of hydrogen-bond donors (Lipinski definition) is 0. The van der Waals surface area contributed by atoms with Crippen LogP contribution < -0.4 is 0 Å². The molecule has 0 saturated carbocycles. The first-order chi connectivity index (χ1) is 25.0. The van der Waals surface area contributed by atoms with Gasteiger partial charge in [-0.2, -0.15) is 0 Å². The van der Waals surface area contributed by atoms with Crippen molar-refractivity contribution in [3.63, 3.8) is 0 Å². The standard InChI is InChI=1S/C47H45N5/c1-8-52-40(36-23-25-39(48-30-36)34-22-24-37-38(29-34)46(4,5)47(6,7)45(37,2)3)26-27-41(52)44-50-42(32-18-13-10-14-19-32)49-43(51-44)35-21-15-20-33(28-35)31-16-11-9-12-17-31/h9-30H,8H2,1-7H3. The maximum atomic E-state index is 5.11. The van der Waals surface area contributed by atoms with Crippen molar-refractivity contribution in [2.45, 2.75) is 65.8 Å². The first-order valence-corrected chi connectivity index (χ1v) is 18.3. The van der Waals surface area contributed by atoms with Crippen LogP contribution in [-0.2, 0) is 17.4 Å². The summed E-state index contributed by atoms with van der Waals surface area (Å²) in [6.07, 6.45) is 2.00. The number of rotatable bonds is 7. The summed E-state index contributed by atoms with van der Waals surface area (Å²) in [5, 5.41) is 0. The molecule has 0 radical (unpaired) electrons. The zero-order valence-electron chi connectivity index (χ0n) is 31.1. The minimum Gasteiger partial charge on any atom is -0.338 e. The molecule has 0 atom stereocenters. The van der Waals surface area contributed by atoms with E-state index >= 15 is 0 Å². The van der Waals surface area contributed by atoms with E-state index in [0.29, 0.717) is 17.5 Å². The van der Waals surface area contributed by atoms with E-state index in [-0.39, 0.29) is 16.2 Å². The van der Waals surface area contributed by atoms with Gasteiger partial charge in [0, 0.05) is 35.0 Å². The second kappa shape index (κ2) is 12.5. The minimum atomic E-state index is 0.0418. The summed E-state index contributed by atoms with van der Waals surface area (Å²) in [6, 6.07) is 44.5. The molecule has 0 unspecified atom stereocenters. The van der Waals surface area contributed by atoms with Crippen molar-refractivity contribution in [2.75, 3.05) is 0 Å². The number of benzene rings is 4. The predicted molar refractivity (Wildman–Crippen MR) is 214 cm³/mol. The van der Waals surface area contributed by atoms with Crippen molar-refractivity contribution in [1.29, 1.82) is 0 Å². The largest absolute Gasteiger partial charge is 0.338 e. The van der Waals surface area contributed by atoms with E-state index in [2.05, 4.69) is 144 Å². The normalized spacial score (nSPS) is 15.4. The van der Waals surface area contributed by atoms with Gasteiger partial charge < -0.3 is 4.57 Å². The Bertz CT molecular complexity index is 2400. The lowest BCUT2D eigenvalue weighted by Crippen LogP contribution is -2.42. The fourth-order valence-electron chi connectivity index (χ4n) is 8.00. The maximum absolute atomic E-state index is 5.11. The van der Waals surface area contributed by atoms with E-state index in [9.17, 15) is 0 Å². The number of aromatic nitrogens is 5. The monoisotopic (exact) mass is 679 g/mol. The van der Waals surface area contributed by atoms with E-state index in [0.717, 1.165) is 57.0 Å². The third-order valence-corrected chi connectivity index (χ3v) is 12.3. The Kier molecular flexibility index (Phi) is 8.06. The van der Waals surface area contributed by atoms with Gasteiger partial charge in [0.05, 0.1) is 17.1 Å². The summed E-state index contributed by atoms with van der Waals surface area (Å²) in [5.74, 6) is 1.92. The molecule has 0 saturated heterocycles. The fourth-order valence-corrected chi connectivity index (χ4v) is 8.00. The molecule has 3 heterocycles. The van der Waals surface area contributed by atoms with Crippen molar-refractivity contribution in [3.8, 4) is 67.9 Å². The zero-order chi connectivity index (χ0) is 36.3. The van der Waals surface area contributed by atoms with Crippen LogP contribution in [0.15, 0.2) is 134 Å². The summed E-state index contributed by atoms with van der Waals surface area (Å²) in [5.41, 5.74) is 12.5. The number of fused-ring (bicyclic) bond motifs is 1. The third-order valence-electron chi connectivity index (χ3n) is 12.3. The van der Waals surface area contributed by atoms with Crippen LogP contribution in [0, 0.1) is 5.41 Å². The van der Waals surface area contributed by atoms with Gasteiger partial charge in [-0.3, -0.25) is 4.98 Å². The summed E-state index contributed by atoms with van der Waals surface area (Å²) in [6.45, 7) is 17.3. The molecular formula is C47H45N5. The van der Waals surface area contributed by atoms with Gasteiger partial charge in [-0.1, -0.05) is 133 Å². The van der Waals surface area contributed by atoms with Crippen LogP contribution in [0.3, 0.4) is 0 Å². The van der Waals surface area contributed by atoms with E-state index in [1.807, 2.05) is 42.6 Å². The Balaban J connectivity index is 1.17. The number of nitrogens with zero attached hydrogens (tertiary/aromatic N) is 5. The van der Waals surface area contributed by atoms with Gasteiger partial charge in [0.2, 0.25) is 0 Å². The predicted octanol–water partition coefficient (Wildman–Crippen LogP) is 11.7. The van der Waals surface area contributed by atoms with Crippen LogP contribution in [0.25, 0.3) is 67.9 Å². The molecule has 0 amide bonds. The van der Waals surface area contributed by atoms with Gasteiger partial charge in [-0.05, 0) is 81.8 Å². The van der Waals surface area contributed by atoms with Crippen molar-refractivity contribution >= 4 is 0 Å². The van der Waals surface area contributed by atoms with Crippen LogP contribution in [0.4, 0.5) is 0 Å². The van der Waals surface area contributed by atoms with Crippen molar-refractivity contribution in [1.82, 2.24) is 24.5 Å². The van der Waals surface area contributed by atoms with Gasteiger partial charge in [-0.15, -0.1) is 0 Å². The van der Waals surface area contributed by atoms with Crippen LogP contribution in [0.5, 0.6) is 0 Å². The summed E-state index contributed by atoms with van der Waals surface area (Å²) >= 11 is 0. The smallest absolute Gasteiger partial charge is 0.180 e. The highest BCUT2D eigenvalue weighted by Crippen LogP contribution is 2.61. The fraction of sp³-hybridized carbons (Fsp3) is 0.234. The van der Waals surface area contributed by atoms with Gasteiger partial charge in [0.1, 0.15) is 0 Å². The molecule has 0 fully saturated rings. The Morgan fingerprint density at radius 2 is 1.04 bits per heavy atom. The van der Waals surface area contributed by atoms with Crippen LogP contribution in [-0.4, -0.2) is 24.5 Å². The van der Waals surface area contributed by atoms with Crippen molar-refractivity contribution in [3.05, 3.63) is 145 Å². The van der Waals surface area contributed by atoms with E-state index in [1.165, 1.54) is 11.1 Å². The molecule has 7 aromatic rings. The Morgan fingerprint density at radius 3 is 1.71 bits per heavy atom. The molecule has 8 rings (SSSR count). The molecule has 3 aromatic heterocycles. The molecular weight excluding hydrogens is 635 g/mol. The van der Waals surface area contributed by atoms with Gasteiger partial charge in [0.25, 0.3) is 0 Å². The molecule has 5 heteroatoms. The molecule has 52 heavy (non-hydrogen) atoms. The Labute approximate surface area is 307 Å². The van der Waals surface area contributed by atoms with Gasteiger partial charge >= 0.3 is 0 Å². The second-order valence-electron chi connectivity index (χ2n) is 15.5.